The lowest BCUT2D eigenvalue weighted by Gasteiger charge is -2.24. The number of carbonyl (C=O) groups excluding carboxylic acids is 2. The summed E-state index contributed by atoms with van der Waals surface area (Å²) in [6.07, 6.45) is 0. The fourth-order valence-electron chi connectivity index (χ4n) is 1.28. The van der Waals surface area contributed by atoms with Crippen LogP contribution in [-0.4, -0.2) is 36.5 Å². The van der Waals surface area contributed by atoms with E-state index in [1.54, 1.807) is 13.8 Å². The Morgan fingerprint density at radius 3 is 2.25 bits per heavy atom. The molecule has 0 saturated carbocycles. The van der Waals surface area contributed by atoms with Crippen molar-refractivity contribution in [2.24, 2.45) is 0 Å². The highest BCUT2D eigenvalue weighted by Gasteiger charge is 2.26. The van der Waals surface area contributed by atoms with Crippen molar-refractivity contribution >= 4 is 11.8 Å². The van der Waals surface area contributed by atoms with Crippen molar-refractivity contribution in [3.8, 4) is 0 Å². The Hall–Kier alpha value is -1.10. The van der Waals surface area contributed by atoms with Gasteiger partial charge in [-0.15, -0.1) is 0 Å². The molecule has 0 heterocycles. The first-order valence-corrected chi connectivity index (χ1v) is 5.62. The molecule has 0 saturated heterocycles. The molecule has 0 aromatic rings. The summed E-state index contributed by atoms with van der Waals surface area (Å²) >= 11 is 0. The fraction of sp³-hybridized carbons (Fsp3) is 0.818. The molecule has 2 amide bonds. The lowest BCUT2D eigenvalue weighted by molar-refractivity contribution is -0.129. The van der Waals surface area contributed by atoms with Gasteiger partial charge in [-0.25, -0.2) is 0 Å². The number of nitrogens with one attached hydrogen (secondary N) is 3. The lowest BCUT2D eigenvalue weighted by atomic mass is 10.0. The van der Waals surface area contributed by atoms with E-state index >= 15 is 0 Å². The van der Waals surface area contributed by atoms with Gasteiger partial charge in [0.05, 0.1) is 12.1 Å². The average Bonchev–Trinajstić information content (AvgIpc) is 2.12. The molecule has 5 heteroatoms. The molecule has 94 valence electrons. The molecule has 0 spiro atoms. The van der Waals surface area contributed by atoms with Crippen molar-refractivity contribution in [1.29, 1.82) is 0 Å². The first-order valence-electron chi connectivity index (χ1n) is 5.62. The minimum atomic E-state index is -0.646. The van der Waals surface area contributed by atoms with Crippen molar-refractivity contribution in [1.82, 2.24) is 16.0 Å². The number of amides is 2. The predicted octanol–water partition coefficient (Wildman–Crippen LogP) is 0.0153. The minimum absolute atomic E-state index is 0.0197. The van der Waals surface area contributed by atoms with E-state index in [1.165, 1.54) is 0 Å². The van der Waals surface area contributed by atoms with Gasteiger partial charge in [0, 0.05) is 6.04 Å². The summed E-state index contributed by atoms with van der Waals surface area (Å²) in [6, 6.07) is 0.0891. The van der Waals surface area contributed by atoms with E-state index in [2.05, 4.69) is 16.0 Å². The van der Waals surface area contributed by atoms with Gasteiger partial charge in [-0.05, 0) is 34.2 Å². The van der Waals surface area contributed by atoms with Gasteiger partial charge in [-0.2, -0.15) is 0 Å². The van der Waals surface area contributed by atoms with Crippen LogP contribution in [0.5, 0.6) is 0 Å². The zero-order valence-corrected chi connectivity index (χ0v) is 10.8. The summed E-state index contributed by atoms with van der Waals surface area (Å²) < 4.78 is 0. The predicted molar refractivity (Wildman–Crippen MR) is 64.0 cm³/mol. The van der Waals surface area contributed by atoms with Gasteiger partial charge in [0.2, 0.25) is 11.8 Å². The molecule has 0 aliphatic carbocycles. The van der Waals surface area contributed by atoms with Crippen molar-refractivity contribution in [3.63, 3.8) is 0 Å². The Balaban J connectivity index is 4.02. The molecule has 0 fully saturated rings. The molecule has 0 rings (SSSR count). The summed E-state index contributed by atoms with van der Waals surface area (Å²) in [5.41, 5.74) is -0.646. The Kier molecular flexibility index (Phi) is 6.03. The second-order valence-corrected chi connectivity index (χ2v) is 4.56. The topological polar surface area (TPSA) is 70.2 Å². The Morgan fingerprint density at radius 1 is 1.25 bits per heavy atom. The summed E-state index contributed by atoms with van der Waals surface area (Å²) in [5, 5.41) is 8.35. The Morgan fingerprint density at radius 2 is 1.81 bits per heavy atom. The van der Waals surface area contributed by atoms with Crippen LogP contribution in [0.3, 0.4) is 0 Å². The van der Waals surface area contributed by atoms with Crippen LogP contribution in [0.2, 0.25) is 0 Å². The lowest BCUT2D eigenvalue weighted by Crippen LogP contribution is -2.54. The van der Waals surface area contributed by atoms with Crippen molar-refractivity contribution < 1.29 is 9.59 Å². The molecule has 0 aromatic carbocycles. The normalized spacial score (nSPS) is 11.4. The van der Waals surface area contributed by atoms with Gasteiger partial charge in [0.25, 0.3) is 0 Å². The standard InChI is InChI=1S/C11H23N3O2/c1-6-13-11(4,5)10(16)12-7-9(15)14-8(2)3/h8,13H,6-7H2,1-5H3,(H,12,16)(H,14,15). The summed E-state index contributed by atoms with van der Waals surface area (Å²) in [6.45, 7) is 9.98. The summed E-state index contributed by atoms with van der Waals surface area (Å²) in [7, 11) is 0. The van der Waals surface area contributed by atoms with Crippen LogP contribution in [0.1, 0.15) is 34.6 Å². The number of hydrogen-bond donors (Lipinski definition) is 3. The SMILES string of the molecule is CCNC(C)(C)C(=O)NCC(=O)NC(C)C. The second kappa shape index (κ2) is 6.48. The van der Waals surface area contributed by atoms with E-state index in [4.69, 9.17) is 0 Å². The molecule has 0 aliphatic rings. The van der Waals surface area contributed by atoms with E-state index < -0.39 is 5.54 Å². The number of rotatable bonds is 6. The maximum absolute atomic E-state index is 11.7. The monoisotopic (exact) mass is 229 g/mol. The highest BCUT2D eigenvalue weighted by molar-refractivity contribution is 5.89. The van der Waals surface area contributed by atoms with Crippen LogP contribution in [-0.2, 0) is 9.59 Å². The van der Waals surface area contributed by atoms with Crippen molar-refractivity contribution in [2.45, 2.75) is 46.2 Å². The zero-order chi connectivity index (χ0) is 12.8. The molecular weight excluding hydrogens is 206 g/mol. The van der Waals surface area contributed by atoms with Crippen LogP contribution in [0.4, 0.5) is 0 Å². The van der Waals surface area contributed by atoms with Crippen LogP contribution < -0.4 is 16.0 Å². The van der Waals surface area contributed by atoms with Crippen molar-refractivity contribution in [2.75, 3.05) is 13.1 Å². The summed E-state index contributed by atoms with van der Waals surface area (Å²) in [5.74, 6) is -0.344. The van der Waals surface area contributed by atoms with Crippen LogP contribution in [0.25, 0.3) is 0 Å². The van der Waals surface area contributed by atoms with Crippen LogP contribution >= 0.6 is 0 Å². The molecule has 16 heavy (non-hydrogen) atoms. The molecule has 0 bridgehead atoms. The minimum Gasteiger partial charge on any atom is -0.352 e. The number of hydrogen-bond acceptors (Lipinski definition) is 3. The maximum atomic E-state index is 11.7. The average molecular weight is 229 g/mol. The molecule has 0 atom stereocenters. The first kappa shape index (κ1) is 14.9. The van der Waals surface area contributed by atoms with Gasteiger partial charge in [0.1, 0.15) is 0 Å². The largest absolute Gasteiger partial charge is 0.352 e. The number of carbonyl (C=O) groups is 2. The second-order valence-electron chi connectivity index (χ2n) is 4.56. The van der Waals surface area contributed by atoms with E-state index in [0.717, 1.165) is 0 Å². The van der Waals surface area contributed by atoms with Gasteiger partial charge in [0.15, 0.2) is 0 Å². The third kappa shape index (κ3) is 5.70. The van der Waals surface area contributed by atoms with E-state index in [1.807, 2.05) is 20.8 Å². The molecule has 5 nitrogen and oxygen atoms in total. The molecule has 0 radical (unpaired) electrons. The fourth-order valence-corrected chi connectivity index (χ4v) is 1.28. The zero-order valence-electron chi connectivity index (χ0n) is 10.8. The number of likely N-dealkylation sites (N-methyl/N-ethyl adjacent to an activating group) is 1. The van der Waals surface area contributed by atoms with Crippen molar-refractivity contribution in [3.05, 3.63) is 0 Å². The van der Waals surface area contributed by atoms with E-state index in [9.17, 15) is 9.59 Å². The first-order chi connectivity index (χ1) is 7.29. The third-order valence-corrected chi connectivity index (χ3v) is 2.05. The quantitative estimate of drug-likeness (QED) is 0.601. The van der Waals surface area contributed by atoms with Crippen LogP contribution in [0.15, 0.2) is 0 Å². The smallest absolute Gasteiger partial charge is 0.240 e. The van der Waals surface area contributed by atoms with Crippen LogP contribution in [0, 0.1) is 0 Å². The van der Waals surface area contributed by atoms with Gasteiger partial charge in [-0.3, -0.25) is 9.59 Å². The highest BCUT2D eigenvalue weighted by Crippen LogP contribution is 2.00. The highest BCUT2D eigenvalue weighted by atomic mass is 16.2. The Bertz CT molecular complexity index is 250. The van der Waals surface area contributed by atoms with E-state index in [0.29, 0.717) is 6.54 Å². The molecule has 0 unspecified atom stereocenters. The van der Waals surface area contributed by atoms with Gasteiger partial charge < -0.3 is 16.0 Å². The molecule has 0 aromatic heterocycles. The third-order valence-electron chi connectivity index (χ3n) is 2.05. The van der Waals surface area contributed by atoms with E-state index in [-0.39, 0.29) is 24.4 Å². The maximum Gasteiger partial charge on any atom is 0.240 e. The Labute approximate surface area is 97.4 Å². The molecule has 0 aliphatic heterocycles. The van der Waals surface area contributed by atoms with Gasteiger partial charge >= 0.3 is 0 Å². The molecule has 3 N–H and O–H groups in total. The van der Waals surface area contributed by atoms with Gasteiger partial charge in [-0.1, -0.05) is 6.92 Å². The molecular formula is C11H23N3O2. The summed E-state index contributed by atoms with van der Waals surface area (Å²) in [4.78, 5) is 23.0.